The zero-order valence-corrected chi connectivity index (χ0v) is 16.5. The van der Waals surface area contributed by atoms with Gasteiger partial charge in [0.05, 0.1) is 6.10 Å². The van der Waals surface area contributed by atoms with Gasteiger partial charge in [-0.1, -0.05) is 56.2 Å². The smallest absolute Gasteiger partial charge is 0.131 e. The van der Waals surface area contributed by atoms with Gasteiger partial charge in [-0.3, -0.25) is 0 Å². The van der Waals surface area contributed by atoms with Crippen LogP contribution >= 0.6 is 0 Å². The van der Waals surface area contributed by atoms with Crippen molar-refractivity contribution in [1.29, 1.82) is 0 Å². The van der Waals surface area contributed by atoms with Gasteiger partial charge in [-0.25, -0.2) is 4.39 Å². The minimum atomic E-state index is -0.253. The van der Waals surface area contributed by atoms with E-state index in [1.807, 2.05) is 12.1 Å². The molecular weight excluding hydrogens is 339 g/mol. The first-order valence-electron chi connectivity index (χ1n) is 9.97. The predicted octanol–water partition coefficient (Wildman–Crippen LogP) is 6.98. The van der Waals surface area contributed by atoms with Crippen LogP contribution in [-0.2, 0) is 4.74 Å². The highest BCUT2D eigenvalue weighted by atomic mass is 19.1. The fourth-order valence-corrected chi connectivity index (χ4v) is 2.97. The minimum Gasteiger partial charge on any atom is -0.508 e. The van der Waals surface area contributed by atoms with Crippen molar-refractivity contribution < 1.29 is 14.2 Å². The normalized spacial score (nSPS) is 12.6. The highest BCUT2D eigenvalue weighted by molar-refractivity contribution is 5.67. The Hall–Kier alpha value is -2.13. The Morgan fingerprint density at radius 1 is 1.07 bits per heavy atom. The van der Waals surface area contributed by atoms with Crippen molar-refractivity contribution in [2.24, 2.45) is 0 Å². The molecule has 1 atom stereocenters. The largest absolute Gasteiger partial charge is 0.508 e. The lowest BCUT2D eigenvalue weighted by molar-refractivity contribution is 0.0566. The van der Waals surface area contributed by atoms with Crippen LogP contribution < -0.4 is 0 Å². The molecule has 0 saturated heterocycles. The number of halogens is 1. The van der Waals surface area contributed by atoms with Gasteiger partial charge in [-0.2, -0.15) is 0 Å². The van der Waals surface area contributed by atoms with Gasteiger partial charge in [0, 0.05) is 12.2 Å². The summed E-state index contributed by atoms with van der Waals surface area (Å²) in [7, 11) is 0. The molecule has 0 saturated carbocycles. The first-order valence-corrected chi connectivity index (χ1v) is 9.97. The molecule has 27 heavy (non-hydrogen) atoms. The highest BCUT2D eigenvalue weighted by Gasteiger charge is 2.05. The quantitative estimate of drug-likeness (QED) is 0.432. The number of benzene rings is 2. The van der Waals surface area contributed by atoms with E-state index in [0.717, 1.165) is 43.4 Å². The van der Waals surface area contributed by atoms with Crippen molar-refractivity contribution in [2.75, 3.05) is 6.61 Å². The van der Waals surface area contributed by atoms with Crippen molar-refractivity contribution >= 4 is 6.08 Å². The van der Waals surface area contributed by atoms with E-state index in [4.69, 9.17) is 4.74 Å². The maximum Gasteiger partial charge on any atom is 0.131 e. The number of rotatable bonds is 11. The van der Waals surface area contributed by atoms with Gasteiger partial charge in [-0.05, 0) is 61.9 Å². The summed E-state index contributed by atoms with van der Waals surface area (Å²) in [6.07, 6.45) is 11.0. The number of phenols is 1. The fourth-order valence-electron chi connectivity index (χ4n) is 2.97. The molecule has 0 heterocycles. The number of hydrogen-bond donors (Lipinski definition) is 1. The Balaban J connectivity index is 1.77. The summed E-state index contributed by atoms with van der Waals surface area (Å²) < 4.78 is 20.2. The van der Waals surface area contributed by atoms with Crippen LogP contribution in [0.3, 0.4) is 0 Å². The number of hydrogen-bond acceptors (Lipinski definition) is 2. The van der Waals surface area contributed by atoms with E-state index in [0.29, 0.717) is 11.7 Å². The molecule has 146 valence electrons. The van der Waals surface area contributed by atoms with Crippen LogP contribution in [0.5, 0.6) is 5.75 Å². The second-order valence-corrected chi connectivity index (χ2v) is 7.01. The molecule has 0 radical (unpaired) electrons. The molecule has 0 bridgehead atoms. The van der Waals surface area contributed by atoms with Gasteiger partial charge in [-0.15, -0.1) is 0 Å². The third-order valence-corrected chi connectivity index (χ3v) is 4.61. The van der Waals surface area contributed by atoms with Gasteiger partial charge in [0.15, 0.2) is 0 Å². The van der Waals surface area contributed by atoms with Gasteiger partial charge < -0.3 is 9.84 Å². The van der Waals surface area contributed by atoms with Crippen LogP contribution in [0.15, 0.2) is 48.5 Å². The monoisotopic (exact) mass is 370 g/mol. The number of unbranched alkanes of at least 4 members (excludes halogenated alkanes) is 3. The summed E-state index contributed by atoms with van der Waals surface area (Å²) in [4.78, 5) is 0. The van der Waals surface area contributed by atoms with Gasteiger partial charge in [0.2, 0.25) is 0 Å². The molecule has 0 spiro atoms. The SMILES string of the molecule is CCCCCOC(C)CCCC=Cc1ccc(-c2ccc(O)cc2)c(F)c1. The summed E-state index contributed by atoms with van der Waals surface area (Å²) in [5.74, 6) is -0.0728. The maximum atomic E-state index is 14.4. The van der Waals surface area contributed by atoms with Crippen molar-refractivity contribution in [1.82, 2.24) is 0 Å². The molecule has 1 N–H and O–H groups in total. The van der Waals surface area contributed by atoms with Crippen molar-refractivity contribution in [3.8, 4) is 16.9 Å². The van der Waals surface area contributed by atoms with E-state index in [-0.39, 0.29) is 11.6 Å². The van der Waals surface area contributed by atoms with Crippen molar-refractivity contribution in [3.63, 3.8) is 0 Å². The second-order valence-electron chi connectivity index (χ2n) is 7.01. The molecule has 0 aliphatic heterocycles. The Bertz CT molecular complexity index is 707. The van der Waals surface area contributed by atoms with Crippen LogP contribution in [0, 0.1) is 5.82 Å². The number of phenolic OH excluding ortho intramolecular Hbond substituents is 1. The molecule has 0 aliphatic carbocycles. The number of allylic oxidation sites excluding steroid dienone is 1. The Morgan fingerprint density at radius 3 is 2.56 bits per heavy atom. The highest BCUT2D eigenvalue weighted by Crippen LogP contribution is 2.25. The summed E-state index contributed by atoms with van der Waals surface area (Å²) in [5.41, 5.74) is 2.16. The predicted molar refractivity (Wildman–Crippen MR) is 111 cm³/mol. The van der Waals surface area contributed by atoms with Crippen molar-refractivity contribution in [2.45, 2.75) is 58.5 Å². The zero-order chi connectivity index (χ0) is 19.5. The van der Waals surface area contributed by atoms with Crippen molar-refractivity contribution in [3.05, 3.63) is 59.9 Å². The number of aromatic hydroxyl groups is 1. The van der Waals surface area contributed by atoms with Crippen LogP contribution in [-0.4, -0.2) is 17.8 Å². The molecule has 1 unspecified atom stereocenters. The topological polar surface area (TPSA) is 29.5 Å². The molecule has 2 aromatic carbocycles. The molecular formula is C24H31FO2. The second kappa shape index (κ2) is 11.6. The average Bonchev–Trinajstić information content (AvgIpc) is 2.66. The van der Waals surface area contributed by atoms with Crippen LogP contribution in [0.4, 0.5) is 4.39 Å². The van der Waals surface area contributed by atoms with Crippen LogP contribution in [0.1, 0.15) is 57.9 Å². The van der Waals surface area contributed by atoms with E-state index in [1.54, 1.807) is 36.4 Å². The van der Waals surface area contributed by atoms with E-state index < -0.39 is 0 Å². The first-order chi connectivity index (χ1) is 13.1. The third kappa shape index (κ3) is 7.56. The lowest BCUT2D eigenvalue weighted by Gasteiger charge is -2.12. The lowest BCUT2D eigenvalue weighted by Crippen LogP contribution is -2.08. The molecule has 0 amide bonds. The van der Waals surface area contributed by atoms with Crippen LogP contribution in [0.25, 0.3) is 17.2 Å². The minimum absolute atomic E-state index is 0.180. The molecule has 2 aromatic rings. The van der Waals surface area contributed by atoms with E-state index in [2.05, 4.69) is 19.9 Å². The zero-order valence-electron chi connectivity index (χ0n) is 16.5. The maximum absolute atomic E-state index is 14.4. The molecule has 0 aromatic heterocycles. The fraction of sp³-hybridized carbons (Fsp3) is 0.417. The van der Waals surface area contributed by atoms with E-state index >= 15 is 0 Å². The Kier molecular flexibility index (Phi) is 9.06. The first kappa shape index (κ1) is 21.2. The van der Waals surface area contributed by atoms with Crippen LogP contribution in [0.2, 0.25) is 0 Å². The summed E-state index contributed by atoms with van der Waals surface area (Å²) in [5, 5.41) is 9.35. The summed E-state index contributed by atoms with van der Waals surface area (Å²) in [6.45, 7) is 5.19. The lowest BCUT2D eigenvalue weighted by atomic mass is 10.0. The van der Waals surface area contributed by atoms with Gasteiger partial charge in [0.1, 0.15) is 11.6 Å². The summed E-state index contributed by atoms with van der Waals surface area (Å²) >= 11 is 0. The van der Waals surface area contributed by atoms with Gasteiger partial charge in [0.25, 0.3) is 0 Å². The molecule has 0 fully saturated rings. The molecule has 0 aliphatic rings. The third-order valence-electron chi connectivity index (χ3n) is 4.61. The van der Waals surface area contributed by atoms with E-state index in [9.17, 15) is 9.50 Å². The average molecular weight is 371 g/mol. The number of ether oxygens (including phenoxy) is 1. The Labute approximate surface area is 162 Å². The van der Waals surface area contributed by atoms with Gasteiger partial charge >= 0.3 is 0 Å². The van der Waals surface area contributed by atoms with E-state index in [1.165, 1.54) is 12.8 Å². The molecule has 2 nitrogen and oxygen atoms in total. The molecule has 2 rings (SSSR count). The summed E-state index contributed by atoms with van der Waals surface area (Å²) in [6, 6.07) is 11.8. The standard InChI is InChI=1S/C24H31FO2/c1-3-4-8-17-27-19(2)9-6-5-7-10-20-11-16-23(24(25)18-20)21-12-14-22(26)15-13-21/h7,10-16,18-19,26H,3-6,8-9,17H2,1-2H3. The Morgan fingerprint density at radius 2 is 1.85 bits per heavy atom. The molecule has 3 heteroatoms.